The van der Waals surface area contributed by atoms with E-state index in [0.717, 1.165) is 61.8 Å². The fourth-order valence-corrected chi connectivity index (χ4v) is 4.50. The number of anilines is 4. The molecule has 0 atom stereocenters. The van der Waals surface area contributed by atoms with Gasteiger partial charge in [-0.25, -0.2) is 0 Å². The third-order valence-corrected chi connectivity index (χ3v) is 6.66. The average molecular weight is 619 g/mol. The monoisotopic (exact) mass is 618 g/mol. The molecule has 0 bridgehead atoms. The highest BCUT2D eigenvalue weighted by Gasteiger charge is 2.31. The number of nitrogens with one attached hydrogen (secondary N) is 2. The topological polar surface area (TPSA) is 91.3 Å². The molecule has 1 aliphatic heterocycles. The van der Waals surface area contributed by atoms with Crippen molar-refractivity contribution in [1.29, 1.82) is 0 Å². The Morgan fingerprint density at radius 3 is 2.23 bits per heavy atom. The summed E-state index contributed by atoms with van der Waals surface area (Å²) < 4.78 is 82.3. The fraction of sp³-hybridized carbons (Fsp3) is 0.310. The molecule has 9 nitrogen and oxygen atoms in total. The molecule has 2 N–H and O–H groups in total. The van der Waals surface area contributed by atoms with E-state index < -0.39 is 30.5 Å². The summed E-state index contributed by atoms with van der Waals surface area (Å²) >= 11 is 0. The quantitative estimate of drug-likeness (QED) is 0.211. The van der Waals surface area contributed by atoms with Crippen LogP contribution in [0.5, 0.6) is 6.01 Å². The SMILES string of the molecule is FC(F)(F)COc1nc(NCc2ccc(N3CCN(Cc4ccccn4)CC3)cc2)nc(Nc2cccc(C(F)(F)F)c2)n1. The molecule has 1 saturated heterocycles. The number of aromatic nitrogens is 4. The molecule has 4 aromatic rings. The van der Waals surface area contributed by atoms with Crippen molar-refractivity contribution >= 4 is 23.3 Å². The van der Waals surface area contributed by atoms with Crippen LogP contribution in [-0.4, -0.2) is 63.8 Å². The molecule has 3 heterocycles. The third kappa shape index (κ3) is 8.92. The zero-order chi connectivity index (χ0) is 31.2. The Hall–Kier alpha value is -4.66. The third-order valence-electron chi connectivity index (χ3n) is 6.66. The molecule has 2 aromatic heterocycles. The molecule has 0 unspecified atom stereocenters. The molecule has 2 aromatic carbocycles. The predicted octanol–water partition coefficient (Wildman–Crippen LogP) is 5.90. The van der Waals surface area contributed by atoms with Gasteiger partial charge in [0.2, 0.25) is 11.9 Å². The van der Waals surface area contributed by atoms with Crippen molar-refractivity contribution in [2.24, 2.45) is 0 Å². The van der Waals surface area contributed by atoms with Crippen LogP contribution in [0.15, 0.2) is 72.9 Å². The summed E-state index contributed by atoms with van der Waals surface area (Å²) in [4.78, 5) is 20.8. The summed E-state index contributed by atoms with van der Waals surface area (Å²) in [6, 6.07) is 17.3. The van der Waals surface area contributed by atoms with Gasteiger partial charge in [-0.2, -0.15) is 41.3 Å². The van der Waals surface area contributed by atoms with Gasteiger partial charge in [0, 0.05) is 56.8 Å². The summed E-state index contributed by atoms with van der Waals surface area (Å²) in [6.45, 7) is 2.87. The van der Waals surface area contributed by atoms with Crippen LogP contribution in [0, 0.1) is 0 Å². The highest BCUT2D eigenvalue weighted by molar-refractivity contribution is 5.56. The van der Waals surface area contributed by atoms with Crippen LogP contribution in [0.4, 0.5) is 49.6 Å². The average Bonchev–Trinajstić information content (AvgIpc) is 3.00. The second-order valence-electron chi connectivity index (χ2n) is 9.98. The maximum atomic E-state index is 13.1. The molecule has 15 heteroatoms. The van der Waals surface area contributed by atoms with Gasteiger partial charge in [0.1, 0.15) is 0 Å². The normalized spacial score (nSPS) is 14.4. The van der Waals surface area contributed by atoms with E-state index in [1.165, 1.54) is 12.1 Å². The molecular weight excluding hydrogens is 590 g/mol. The lowest BCUT2D eigenvalue weighted by molar-refractivity contribution is -0.154. The lowest BCUT2D eigenvalue weighted by Crippen LogP contribution is -2.46. The summed E-state index contributed by atoms with van der Waals surface area (Å²) in [5, 5.41) is 5.50. The molecule has 44 heavy (non-hydrogen) atoms. The number of alkyl halides is 6. The van der Waals surface area contributed by atoms with Gasteiger partial charge >= 0.3 is 18.4 Å². The fourth-order valence-electron chi connectivity index (χ4n) is 4.50. The Morgan fingerprint density at radius 1 is 0.795 bits per heavy atom. The van der Waals surface area contributed by atoms with Crippen molar-refractivity contribution in [1.82, 2.24) is 24.8 Å². The maximum absolute atomic E-state index is 13.1. The van der Waals surface area contributed by atoms with E-state index >= 15 is 0 Å². The highest BCUT2D eigenvalue weighted by atomic mass is 19.4. The molecule has 5 rings (SSSR count). The lowest BCUT2D eigenvalue weighted by Gasteiger charge is -2.36. The Bertz CT molecular complexity index is 1510. The van der Waals surface area contributed by atoms with Gasteiger partial charge in [-0.05, 0) is 48.0 Å². The van der Waals surface area contributed by atoms with E-state index in [2.05, 4.69) is 45.1 Å². The van der Waals surface area contributed by atoms with E-state index in [1.807, 2.05) is 42.5 Å². The first-order valence-electron chi connectivity index (χ1n) is 13.6. The van der Waals surface area contributed by atoms with Crippen LogP contribution in [0.25, 0.3) is 0 Å². The second-order valence-corrected chi connectivity index (χ2v) is 9.98. The first-order chi connectivity index (χ1) is 21.0. The number of nitrogens with zero attached hydrogens (tertiary/aromatic N) is 6. The molecule has 1 aliphatic rings. The van der Waals surface area contributed by atoms with Crippen LogP contribution < -0.4 is 20.3 Å². The van der Waals surface area contributed by atoms with Gasteiger partial charge in [-0.15, -0.1) is 0 Å². The van der Waals surface area contributed by atoms with Crippen molar-refractivity contribution in [3.8, 4) is 6.01 Å². The number of benzene rings is 2. The van der Waals surface area contributed by atoms with Crippen molar-refractivity contribution < 1.29 is 31.1 Å². The molecular formula is C29H28F6N8O. The molecule has 0 radical (unpaired) electrons. The second kappa shape index (κ2) is 13.3. The number of pyridine rings is 1. The first kappa shape index (κ1) is 30.8. The number of rotatable bonds is 10. The van der Waals surface area contributed by atoms with E-state index in [1.54, 1.807) is 6.20 Å². The summed E-state index contributed by atoms with van der Waals surface area (Å²) in [5.74, 6) is -0.420. The number of halogens is 6. The Morgan fingerprint density at radius 2 is 1.55 bits per heavy atom. The summed E-state index contributed by atoms with van der Waals surface area (Å²) in [7, 11) is 0. The number of hydrogen-bond acceptors (Lipinski definition) is 9. The van der Waals surface area contributed by atoms with E-state index in [4.69, 9.17) is 0 Å². The molecule has 1 fully saturated rings. The number of hydrogen-bond donors (Lipinski definition) is 2. The van der Waals surface area contributed by atoms with Gasteiger partial charge in [-0.3, -0.25) is 9.88 Å². The molecule has 0 spiro atoms. The summed E-state index contributed by atoms with van der Waals surface area (Å²) in [6.07, 6.45) is -7.45. The van der Waals surface area contributed by atoms with Gasteiger partial charge < -0.3 is 20.3 Å². The van der Waals surface area contributed by atoms with Crippen molar-refractivity contribution in [3.05, 3.63) is 89.7 Å². The van der Waals surface area contributed by atoms with Crippen molar-refractivity contribution in [3.63, 3.8) is 0 Å². The molecule has 0 aliphatic carbocycles. The molecule has 0 amide bonds. The van der Waals surface area contributed by atoms with Gasteiger partial charge in [0.25, 0.3) is 0 Å². The van der Waals surface area contributed by atoms with Crippen LogP contribution in [0.2, 0.25) is 0 Å². The van der Waals surface area contributed by atoms with Crippen molar-refractivity contribution in [2.45, 2.75) is 25.4 Å². The van der Waals surface area contributed by atoms with Gasteiger partial charge in [-0.1, -0.05) is 24.3 Å². The van der Waals surface area contributed by atoms with Gasteiger partial charge in [0.15, 0.2) is 6.61 Å². The minimum Gasteiger partial charge on any atom is -0.454 e. The van der Waals surface area contributed by atoms with Gasteiger partial charge in [0.05, 0.1) is 11.3 Å². The first-order valence-corrected chi connectivity index (χ1v) is 13.6. The predicted molar refractivity (Wildman–Crippen MR) is 152 cm³/mol. The number of piperazine rings is 1. The minimum absolute atomic E-state index is 0.0214. The van der Waals surface area contributed by atoms with E-state index in [0.29, 0.717) is 0 Å². The zero-order valence-corrected chi connectivity index (χ0v) is 23.2. The van der Waals surface area contributed by atoms with Crippen molar-refractivity contribution in [2.75, 3.05) is 48.3 Å². The largest absolute Gasteiger partial charge is 0.454 e. The maximum Gasteiger partial charge on any atom is 0.422 e. The van der Waals surface area contributed by atoms with Crippen LogP contribution >= 0.6 is 0 Å². The number of ether oxygens (including phenoxy) is 1. The molecule has 0 saturated carbocycles. The highest BCUT2D eigenvalue weighted by Crippen LogP contribution is 2.31. The van der Waals surface area contributed by atoms with Crippen LogP contribution in [-0.2, 0) is 19.3 Å². The zero-order valence-electron chi connectivity index (χ0n) is 23.2. The smallest absolute Gasteiger partial charge is 0.422 e. The Labute approximate surface area is 248 Å². The minimum atomic E-state index is -4.65. The van der Waals surface area contributed by atoms with E-state index in [9.17, 15) is 26.3 Å². The lowest BCUT2D eigenvalue weighted by atomic mass is 10.1. The standard InChI is InChI=1S/C29H28F6N8O/c30-28(31,32)19-44-27-40-25(39-26(41-27)38-22-6-3-4-21(16-22)29(33,34)35)37-17-20-7-9-24(10-8-20)43-14-12-42(13-15-43)18-23-5-1-2-11-36-23/h1-11,16H,12-15,17-19H2,(H2,37,38,39,40,41). The van der Waals surface area contributed by atoms with Crippen LogP contribution in [0.1, 0.15) is 16.8 Å². The Kier molecular flexibility index (Phi) is 9.32. The Balaban J connectivity index is 1.21. The summed E-state index contributed by atoms with van der Waals surface area (Å²) in [5.41, 5.74) is 1.99. The van der Waals surface area contributed by atoms with Crippen LogP contribution in [0.3, 0.4) is 0 Å². The van der Waals surface area contributed by atoms with E-state index in [-0.39, 0.29) is 24.1 Å². The molecule has 232 valence electrons.